The van der Waals surface area contributed by atoms with Crippen molar-refractivity contribution in [1.82, 2.24) is 5.32 Å². The van der Waals surface area contributed by atoms with Gasteiger partial charge in [-0.2, -0.15) is 0 Å². The van der Waals surface area contributed by atoms with Crippen molar-refractivity contribution in [1.29, 1.82) is 0 Å². The minimum absolute atomic E-state index is 0.00253. The van der Waals surface area contributed by atoms with Gasteiger partial charge in [0.2, 0.25) is 0 Å². The van der Waals surface area contributed by atoms with Crippen LogP contribution in [0.4, 0.5) is 0 Å². The number of ether oxygens (including phenoxy) is 1. The third-order valence-electron chi connectivity index (χ3n) is 10.3. The maximum Gasteiger partial charge on any atom is 0.0974 e. The molecule has 2 unspecified atom stereocenters. The van der Waals surface area contributed by atoms with Crippen LogP contribution in [0.15, 0.2) is 65.8 Å². The van der Waals surface area contributed by atoms with Crippen LogP contribution in [-0.2, 0) is 4.74 Å². The Kier molecular flexibility index (Phi) is 4.02. The van der Waals surface area contributed by atoms with Crippen molar-refractivity contribution in [3.63, 3.8) is 0 Å². The van der Waals surface area contributed by atoms with Gasteiger partial charge in [0.1, 0.15) is 0 Å². The van der Waals surface area contributed by atoms with Gasteiger partial charge in [-0.25, -0.2) is 0 Å². The van der Waals surface area contributed by atoms with E-state index in [4.69, 9.17) is 4.74 Å². The first-order valence-corrected chi connectivity index (χ1v) is 12.8. The fourth-order valence-corrected chi connectivity index (χ4v) is 8.63. The molecule has 5 aliphatic rings. The summed E-state index contributed by atoms with van der Waals surface area (Å²) in [4.78, 5) is 0. The number of hydrogen-bond acceptors (Lipinski definition) is 2. The second-order valence-corrected chi connectivity index (χ2v) is 11.5. The normalized spacial score (nSPS) is 42.1. The molecule has 2 heteroatoms. The number of rotatable bonds is 2. The number of benzene rings is 2. The van der Waals surface area contributed by atoms with E-state index in [9.17, 15) is 0 Å². The van der Waals surface area contributed by atoms with Crippen LogP contribution >= 0.6 is 0 Å². The van der Waals surface area contributed by atoms with Crippen molar-refractivity contribution < 1.29 is 4.74 Å². The Hall–Kier alpha value is -1.90. The molecule has 7 rings (SSSR count). The molecule has 0 amide bonds. The lowest BCUT2D eigenvalue weighted by Crippen LogP contribution is -2.54. The lowest BCUT2D eigenvalue weighted by Gasteiger charge is -2.54. The molecule has 0 radical (unpaired) electrons. The summed E-state index contributed by atoms with van der Waals surface area (Å²) in [5, 5.41) is 6.29. The predicted octanol–water partition coefficient (Wildman–Crippen LogP) is 6.67. The molecular weight excluding hydrogens is 390 g/mol. The molecule has 2 aromatic carbocycles. The van der Waals surface area contributed by atoms with E-state index in [0.29, 0.717) is 17.9 Å². The van der Waals surface area contributed by atoms with Crippen LogP contribution < -0.4 is 5.32 Å². The Bertz CT molecular complexity index is 1160. The molecule has 2 aromatic rings. The SMILES string of the molecule is CN[C@H]1CCC2=CC3=CC[C@]4(C)C(c5ccc6ccccc6c5)CC[C@H]4C34CC[C@]2(C1)O4. The lowest BCUT2D eigenvalue weighted by atomic mass is 9.58. The van der Waals surface area contributed by atoms with Crippen LogP contribution in [0, 0.1) is 11.3 Å². The highest BCUT2D eigenvalue weighted by molar-refractivity contribution is 5.83. The molecule has 2 bridgehead atoms. The summed E-state index contributed by atoms with van der Waals surface area (Å²) in [7, 11) is 2.12. The van der Waals surface area contributed by atoms with Gasteiger partial charge < -0.3 is 10.1 Å². The van der Waals surface area contributed by atoms with Crippen LogP contribution in [0.25, 0.3) is 10.8 Å². The minimum Gasteiger partial charge on any atom is -0.359 e. The Morgan fingerprint density at radius 1 is 1.00 bits per heavy atom. The van der Waals surface area contributed by atoms with E-state index < -0.39 is 0 Å². The van der Waals surface area contributed by atoms with E-state index in [2.05, 4.69) is 73.9 Å². The Morgan fingerprint density at radius 2 is 1.88 bits per heavy atom. The van der Waals surface area contributed by atoms with E-state index in [-0.39, 0.29) is 16.6 Å². The third kappa shape index (κ3) is 2.43. The Labute approximate surface area is 192 Å². The van der Waals surface area contributed by atoms with Gasteiger partial charge in [-0.15, -0.1) is 0 Å². The van der Waals surface area contributed by atoms with Gasteiger partial charge >= 0.3 is 0 Å². The van der Waals surface area contributed by atoms with Crippen molar-refractivity contribution in [3.8, 4) is 0 Å². The first kappa shape index (κ1) is 19.6. The zero-order valence-corrected chi connectivity index (χ0v) is 19.5. The first-order chi connectivity index (χ1) is 15.6. The molecule has 2 heterocycles. The van der Waals surface area contributed by atoms with Gasteiger partial charge in [0.05, 0.1) is 11.2 Å². The molecule has 2 saturated carbocycles. The zero-order valence-electron chi connectivity index (χ0n) is 19.5. The molecule has 6 atom stereocenters. The Morgan fingerprint density at radius 3 is 2.75 bits per heavy atom. The van der Waals surface area contributed by atoms with Crippen LogP contribution in [0.3, 0.4) is 0 Å². The zero-order chi connectivity index (χ0) is 21.6. The summed E-state index contributed by atoms with van der Waals surface area (Å²) in [6.07, 6.45) is 15.0. The fraction of sp³-hybridized carbons (Fsp3) is 0.533. The molecular formula is C30H35NO. The van der Waals surface area contributed by atoms with Gasteiger partial charge in [0.25, 0.3) is 0 Å². The van der Waals surface area contributed by atoms with Gasteiger partial charge in [0, 0.05) is 6.04 Å². The molecule has 32 heavy (non-hydrogen) atoms. The van der Waals surface area contributed by atoms with E-state index >= 15 is 0 Å². The van der Waals surface area contributed by atoms with Crippen molar-refractivity contribution in [2.45, 2.75) is 81.5 Å². The minimum atomic E-state index is -0.0439. The van der Waals surface area contributed by atoms with E-state index in [1.807, 2.05) is 0 Å². The van der Waals surface area contributed by atoms with Crippen LogP contribution in [0.1, 0.15) is 69.8 Å². The highest BCUT2D eigenvalue weighted by Crippen LogP contribution is 2.69. The molecule has 2 spiro atoms. The highest BCUT2D eigenvalue weighted by Gasteiger charge is 2.66. The van der Waals surface area contributed by atoms with Crippen LogP contribution in [-0.4, -0.2) is 24.3 Å². The smallest absolute Gasteiger partial charge is 0.0974 e. The summed E-state index contributed by atoms with van der Waals surface area (Å²) in [6, 6.07) is 16.6. The molecule has 3 aliphatic carbocycles. The number of nitrogens with one attached hydrogen (secondary N) is 1. The Balaban J connectivity index is 1.29. The van der Waals surface area contributed by atoms with Gasteiger partial charge in [-0.3, -0.25) is 0 Å². The van der Waals surface area contributed by atoms with Gasteiger partial charge in [-0.1, -0.05) is 61.5 Å². The second-order valence-electron chi connectivity index (χ2n) is 11.5. The molecule has 2 aliphatic heterocycles. The number of fused-ring (bicyclic) bond motifs is 2. The summed E-state index contributed by atoms with van der Waals surface area (Å²) < 4.78 is 7.37. The average molecular weight is 426 g/mol. The standard InChI is InChI=1S/C30H35NO/c1-28-14-13-24-18-23-9-10-25(31-2)19-29(23)15-16-30(24,32-29)27(28)12-11-26(28)22-8-7-20-5-3-4-6-21(20)17-22/h3-8,13,17-18,25-27,31H,9-12,14-16,19H2,1-2H3/t25-,26?,27+,28+,29+,30?/m0/s1. The first-order valence-electron chi connectivity index (χ1n) is 12.8. The third-order valence-corrected chi connectivity index (χ3v) is 10.3. The quantitative estimate of drug-likeness (QED) is 0.580. The maximum absolute atomic E-state index is 7.37. The highest BCUT2D eigenvalue weighted by atomic mass is 16.5. The molecule has 1 N–H and O–H groups in total. The molecule has 2 nitrogen and oxygen atoms in total. The van der Waals surface area contributed by atoms with Crippen molar-refractivity contribution in [2.24, 2.45) is 11.3 Å². The van der Waals surface area contributed by atoms with Crippen molar-refractivity contribution in [3.05, 3.63) is 71.3 Å². The van der Waals surface area contributed by atoms with E-state index in [1.165, 1.54) is 66.9 Å². The van der Waals surface area contributed by atoms with Crippen molar-refractivity contribution >= 4 is 10.8 Å². The molecule has 3 fully saturated rings. The van der Waals surface area contributed by atoms with E-state index in [1.54, 1.807) is 5.57 Å². The lowest BCUT2D eigenvalue weighted by molar-refractivity contribution is -0.136. The van der Waals surface area contributed by atoms with Crippen LogP contribution in [0.2, 0.25) is 0 Å². The van der Waals surface area contributed by atoms with Crippen molar-refractivity contribution in [2.75, 3.05) is 7.05 Å². The second kappa shape index (κ2) is 6.58. The number of hydrogen-bond donors (Lipinski definition) is 1. The molecule has 166 valence electrons. The monoisotopic (exact) mass is 425 g/mol. The topological polar surface area (TPSA) is 21.3 Å². The summed E-state index contributed by atoms with van der Waals surface area (Å²) >= 11 is 0. The van der Waals surface area contributed by atoms with Gasteiger partial charge in [-0.05, 0) is 103 Å². The summed E-state index contributed by atoms with van der Waals surface area (Å²) in [5.41, 5.74) is 4.90. The van der Waals surface area contributed by atoms with Crippen LogP contribution in [0.5, 0.6) is 0 Å². The van der Waals surface area contributed by atoms with E-state index in [0.717, 1.165) is 6.42 Å². The average Bonchev–Trinajstić information content (AvgIpc) is 3.33. The fourth-order valence-electron chi connectivity index (χ4n) is 8.63. The predicted molar refractivity (Wildman–Crippen MR) is 131 cm³/mol. The number of allylic oxidation sites excluding steroid dienone is 1. The summed E-state index contributed by atoms with van der Waals surface area (Å²) in [5.74, 6) is 1.24. The largest absolute Gasteiger partial charge is 0.359 e. The molecule has 0 aromatic heterocycles. The summed E-state index contributed by atoms with van der Waals surface area (Å²) in [6.45, 7) is 2.58. The van der Waals surface area contributed by atoms with Gasteiger partial charge in [0.15, 0.2) is 0 Å². The molecule has 1 saturated heterocycles. The maximum atomic E-state index is 7.37.